The lowest BCUT2D eigenvalue weighted by Gasteiger charge is -2.35. The van der Waals surface area contributed by atoms with Gasteiger partial charge in [-0.3, -0.25) is 10.1 Å². The van der Waals surface area contributed by atoms with Crippen LogP contribution in [-0.2, 0) is 0 Å². The summed E-state index contributed by atoms with van der Waals surface area (Å²) in [6, 6.07) is 19.7. The number of piperidine rings is 1. The first-order valence-corrected chi connectivity index (χ1v) is 12.2. The van der Waals surface area contributed by atoms with Crippen LogP contribution in [0.4, 0.5) is 25.8 Å². The predicted octanol–water partition coefficient (Wildman–Crippen LogP) is 6.99. The molecule has 3 aromatic carbocycles. The van der Waals surface area contributed by atoms with Crippen LogP contribution in [0.15, 0.2) is 66.7 Å². The second-order valence-electron chi connectivity index (χ2n) is 9.63. The van der Waals surface area contributed by atoms with Crippen LogP contribution in [0.3, 0.4) is 0 Å². The van der Waals surface area contributed by atoms with Crippen molar-refractivity contribution in [1.29, 1.82) is 0 Å². The van der Waals surface area contributed by atoms with Crippen LogP contribution >= 0.6 is 0 Å². The molecule has 0 N–H and O–H groups in total. The van der Waals surface area contributed by atoms with Gasteiger partial charge in [-0.1, -0.05) is 42.5 Å². The van der Waals surface area contributed by atoms with Gasteiger partial charge in [0.15, 0.2) is 11.6 Å². The van der Waals surface area contributed by atoms with Crippen LogP contribution in [0.1, 0.15) is 55.7 Å². The maximum atomic E-state index is 15.4. The fourth-order valence-corrected chi connectivity index (χ4v) is 5.73. The summed E-state index contributed by atoms with van der Waals surface area (Å²) in [4.78, 5) is 14.4. The van der Waals surface area contributed by atoms with Crippen LogP contribution < -0.4 is 9.80 Å². The van der Waals surface area contributed by atoms with Crippen LogP contribution in [0.2, 0.25) is 0 Å². The number of benzene rings is 3. The van der Waals surface area contributed by atoms with Crippen molar-refractivity contribution in [2.24, 2.45) is 0 Å². The standard InChI is InChI=1S/C28H29F2N3O2/c1-19-7-12-27(22-8-10-23(11-9-22)33(34)35)32(19)24-17-25(29)28(26(30)18-24)31-15-13-21(14-16-31)20-5-3-2-4-6-20/h2-6,8-11,17-19,21,27H,7,12-16H2,1H3/t19?,27-/m0/s1. The largest absolute Gasteiger partial charge is 0.367 e. The number of non-ortho nitro benzene ring substituents is 1. The number of nitrogens with zero attached hydrogens (tertiary/aromatic N) is 3. The number of anilines is 2. The quantitative estimate of drug-likeness (QED) is 0.294. The predicted molar refractivity (Wildman–Crippen MR) is 134 cm³/mol. The van der Waals surface area contributed by atoms with Crippen molar-refractivity contribution >= 4 is 17.1 Å². The van der Waals surface area contributed by atoms with Gasteiger partial charge in [0, 0.05) is 37.0 Å². The SMILES string of the molecule is CC1CC[C@@H](c2ccc([N+](=O)[O-])cc2)N1c1cc(F)c(N2CCC(c3ccccc3)CC2)c(F)c1. The van der Waals surface area contributed by atoms with Crippen molar-refractivity contribution in [2.45, 2.75) is 50.6 Å². The van der Waals surface area contributed by atoms with Gasteiger partial charge in [0.05, 0.1) is 11.0 Å². The third-order valence-electron chi connectivity index (χ3n) is 7.54. The Morgan fingerprint density at radius 1 is 0.857 bits per heavy atom. The van der Waals surface area contributed by atoms with Gasteiger partial charge in [-0.2, -0.15) is 0 Å². The molecule has 0 spiro atoms. The van der Waals surface area contributed by atoms with E-state index in [9.17, 15) is 10.1 Å². The van der Waals surface area contributed by atoms with Crippen molar-refractivity contribution in [1.82, 2.24) is 0 Å². The minimum Gasteiger partial charge on any atom is -0.367 e. The molecule has 0 bridgehead atoms. The first kappa shape index (κ1) is 23.3. The molecule has 2 atom stereocenters. The summed E-state index contributed by atoms with van der Waals surface area (Å²) in [7, 11) is 0. The fraction of sp³-hybridized carbons (Fsp3) is 0.357. The summed E-state index contributed by atoms with van der Waals surface area (Å²) < 4.78 is 30.8. The van der Waals surface area contributed by atoms with E-state index in [-0.39, 0.29) is 23.5 Å². The third-order valence-corrected chi connectivity index (χ3v) is 7.54. The highest BCUT2D eigenvalue weighted by Gasteiger charge is 2.34. The van der Waals surface area contributed by atoms with Crippen LogP contribution in [0, 0.1) is 21.7 Å². The lowest BCUT2D eigenvalue weighted by atomic mass is 9.89. The summed E-state index contributed by atoms with van der Waals surface area (Å²) in [6.45, 7) is 3.26. The fourth-order valence-electron chi connectivity index (χ4n) is 5.73. The molecule has 3 aromatic rings. The molecule has 2 fully saturated rings. The van der Waals surface area contributed by atoms with Crippen molar-refractivity contribution in [3.05, 3.63) is 99.6 Å². The minimum absolute atomic E-state index is 0.0313. The monoisotopic (exact) mass is 477 g/mol. The Labute approximate surface area is 204 Å². The van der Waals surface area contributed by atoms with Crippen LogP contribution in [0.25, 0.3) is 0 Å². The normalized spacial score (nSPS) is 20.9. The molecule has 2 heterocycles. The summed E-state index contributed by atoms with van der Waals surface area (Å²) in [6.07, 6.45) is 3.41. The zero-order valence-electron chi connectivity index (χ0n) is 19.7. The van der Waals surface area contributed by atoms with E-state index < -0.39 is 16.6 Å². The Morgan fingerprint density at radius 2 is 1.49 bits per heavy atom. The summed E-state index contributed by atoms with van der Waals surface area (Å²) in [5.41, 5.74) is 2.79. The molecule has 0 saturated carbocycles. The molecule has 2 aliphatic heterocycles. The van der Waals surface area contributed by atoms with E-state index in [0.717, 1.165) is 31.2 Å². The maximum Gasteiger partial charge on any atom is 0.269 e. The number of rotatable bonds is 5. The average molecular weight is 478 g/mol. The van der Waals surface area contributed by atoms with Crippen LogP contribution in [-0.4, -0.2) is 24.1 Å². The molecule has 2 aliphatic rings. The van der Waals surface area contributed by atoms with Crippen molar-refractivity contribution in [3.63, 3.8) is 0 Å². The van der Waals surface area contributed by atoms with Gasteiger partial charge in [0.25, 0.3) is 5.69 Å². The Morgan fingerprint density at radius 3 is 2.09 bits per heavy atom. The first-order valence-electron chi connectivity index (χ1n) is 12.2. The molecular weight excluding hydrogens is 448 g/mol. The topological polar surface area (TPSA) is 49.6 Å². The lowest BCUT2D eigenvalue weighted by molar-refractivity contribution is -0.384. The number of nitro benzene ring substituents is 1. The molecule has 0 radical (unpaired) electrons. The molecule has 182 valence electrons. The Bertz CT molecular complexity index is 1170. The molecule has 5 rings (SSSR count). The van der Waals surface area contributed by atoms with E-state index in [1.165, 1.54) is 29.8 Å². The van der Waals surface area contributed by atoms with E-state index in [4.69, 9.17) is 0 Å². The molecule has 0 amide bonds. The number of hydrogen-bond acceptors (Lipinski definition) is 4. The summed E-state index contributed by atoms with van der Waals surface area (Å²) >= 11 is 0. The van der Waals surface area contributed by atoms with Gasteiger partial charge in [0.2, 0.25) is 0 Å². The second kappa shape index (κ2) is 9.64. The lowest BCUT2D eigenvalue weighted by Crippen LogP contribution is -2.34. The van der Waals surface area contributed by atoms with E-state index in [0.29, 0.717) is 24.7 Å². The van der Waals surface area contributed by atoms with Gasteiger partial charge in [-0.05, 0) is 61.8 Å². The zero-order chi connectivity index (χ0) is 24.5. The van der Waals surface area contributed by atoms with Gasteiger partial charge >= 0.3 is 0 Å². The molecule has 5 nitrogen and oxygen atoms in total. The van der Waals surface area contributed by atoms with E-state index in [1.807, 2.05) is 34.9 Å². The van der Waals surface area contributed by atoms with Crippen molar-refractivity contribution < 1.29 is 13.7 Å². The second-order valence-corrected chi connectivity index (χ2v) is 9.63. The third kappa shape index (κ3) is 4.59. The van der Waals surface area contributed by atoms with Crippen molar-refractivity contribution in [2.75, 3.05) is 22.9 Å². The number of halogens is 2. The highest BCUT2D eigenvalue weighted by Crippen LogP contribution is 2.42. The van der Waals surface area contributed by atoms with Gasteiger partial charge in [-0.25, -0.2) is 8.78 Å². The van der Waals surface area contributed by atoms with Crippen LogP contribution in [0.5, 0.6) is 0 Å². The molecule has 2 saturated heterocycles. The first-order chi connectivity index (χ1) is 16.9. The molecule has 7 heteroatoms. The Kier molecular flexibility index (Phi) is 6.41. The summed E-state index contributed by atoms with van der Waals surface area (Å²) in [5.74, 6) is -0.676. The minimum atomic E-state index is -0.542. The molecule has 0 aromatic heterocycles. The number of nitro groups is 1. The Hall–Kier alpha value is -3.48. The van der Waals surface area contributed by atoms with Gasteiger partial charge in [0.1, 0.15) is 5.69 Å². The van der Waals surface area contributed by atoms with E-state index in [1.54, 1.807) is 12.1 Å². The van der Waals surface area contributed by atoms with E-state index in [2.05, 4.69) is 12.1 Å². The van der Waals surface area contributed by atoms with E-state index >= 15 is 8.78 Å². The Balaban J connectivity index is 1.36. The molecule has 35 heavy (non-hydrogen) atoms. The highest BCUT2D eigenvalue weighted by molar-refractivity contribution is 5.61. The smallest absolute Gasteiger partial charge is 0.269 e. The molecule has 0 aliphatic carbocycles. The molecular formula is C28H29F2N3O2. The highest BCUT2D eigenvalue weighted by atomic mass is 19.1. The summed E-state index contributed by atoms with van der Waals surface area (Å²) in [5, 5.41) is 11.0. The number of hydrogen-bond donors (Lipinski definition) is 0. The maximum absolute atomic E-state index is 15.4. The average Bonchev–Trinajstić information content (AvgIpc) is 3.26. The molecule has 1 unspecified atom stereocenters. The zero-order valence-corrected chi connectivity index (χ0v) is 19.7. The van der Waals surface area contributed by atoms with Gasteiger partial charge < -0.3 is 9.80 Å². The van der Waals surface area contributed by atoms with Crippen molar-refractivity contribution in [3.8, 4) is 0 Å². The van der Waals surface area contributed by atoms with Gasteiger partial charge in [-0.15, -0.1) is 0 Å².